The predicted octanol–water partition coefficient (Wildman–Crippen LogP) is 3.34. The molecule has 0 aliphatic carbocycles. The highest BCUT2D eigenvalue weighted by Crippen LogP contribution is 2.28. The van der Waals surface area contributed by atoms with Gasteiger partial charge in [-0.25, -0.2) is 0 Å². The van der Waals surface area contributed by atoms with E-state index >= 15 is 0 Å². The number of carbonyl (C=O) groups is 2. The van der Waals surface area contributed by atoms with Gasteiger partial charge in [-0.3, -0.25) is 9.59 Å². The summed E-state index contributed by atoms with van der Waals surface area (Å²) in [6.45, 7) is 3.56. The second-order valence-corrected chi connectivity index (χ2v) is 6.11. The number of halogens is 1. The minimum Gasteiger partial charge on any atom is -0.496 e. The molecule has 7 heteroatoms. The number of hydrogen-bond acceptors (Lipinski definition) is 4. The van der Waals surface area contributed by atoms with Gasteiger partial charge in [-0.1, -0.05) is 23.7 Å². The van der Waals surface area contributed by atoms with E-state index in [-0.39, 0.29) is 18.0 Å². The molecule has 0 unspecified atom stereocenters. The lowest BCUT2D eigenvalue weighted by Gasteiger charge is -2.14. The van der Waals surface area contributed by atoms with Crippen LogP contribution in [0.4, 0.5) is 5.69 Å². The van der Waals surface area contributed by atoms with Crippen LogP contribution in [-0.2, 0) is 4.79 Å². The Kier molecular flexibility index (Phi) is 6.46. The summed E-state index contributed by atoms with van der Waals surface area (Å²) in [5.41, 5.74) is 2.62. The number of ether oxygens (including phenoxy) is 2. The topological polar surface area (TPSA) is 76.7 Å². The molecule has 0 saturated heterocycles. The van der Waals surface area contributed by atoms with Gasteiger partial charge in [0.25, 0.3) is 5.91 Å². The molecule has 0 aliphatic heterocycles. The monoisotopic (exact) mass is 376 g/mol. The molecule has 0 atom stereocenters. The molecule has 2 amide bonds. The minimum atomic E-state index is -0.471. The van der Waals surface area contributed by atoms with E-state index in [1.54, 1.807) is 24.3 Å². The van der Waals surface area contributed by atoms with Gasteiger partial charge < -0.3 is 20.1 Å². The molecule has 2 aromatic carbocycles. The van der Waals surface area contributed by atoms with Crippen LogP contribution in [0.5, 0.6) is 11.5 Å². The maximum Gasteiger partial charge on any atom is 0.259 e. The molecule has 2 aromatic rings. The van der Waals surface area contributed by atoms with Gasteiger partial charge >= 0.3 is 0 Å². The van der Waals surface area contributed by atoms with Crippen molar-refractivity contribution >= 4 is 29.1 Å². The summed E-state index contributed by atoms with van der Waals surface area (Å²) in [7, 11) is 2.92. The van der Waals surface area contributed by atoms with Crippen LogP contribution in [0.1, 0.15) is 21.5 Å². The quantitative estimate of drug-likeness (QED) is 0.810. The number of nitrogens with one attached hydrogen (secondary N) is 2. The number of amides is 2. The van der Waals surface area contributed by atoms with Crippen molar-refractivity contribution in [2.24, 2.45) is 0 Å². The van der Waals surface area contributed by atoms with Crippen LogP contribution in [0.15, 0.2) is 30.3 Å². The molecule has 2 N–H and O–H groups in total. The van der Waals surface area contributed by atoms with Gasteiger partial charge in [0, 0.05) is 0 Å². The minimum absolute atomic E-state index is 0.219. The Balaban J connectivity index is 2.08. The van der Waals surface area contributed by atoms with Crippen LogP contribution < -0.4 is 20.1 Å². The van der Waals surface area contributed by atoms with Gasteiger partial charge in [0.15, 0.2) is 0 Å². The second kappa shape index (κ2) is 8.58. The number of benzene rings is 2. The first-order valence-corrected chi connectivity index (χ1v) is 8.31. The Labute approximate surface area is 157 Å². The van der Waals surface area contributed by atoms with Gasteiger partial charge in [0.2, 0.25) is 5.91 Å². The summed E-state index contributed by atoms with van der Waals surface area (Å²) < 4.78 is 10.4. The van der Waals surface area contributed by atoms with E-state index in [4.69, 9.17) is 21.1 Å². The third-order valence-electron chi connectivity index (χ3n) is 3.76. The van der Waals surface area contributed by atoms with Crippen LogP contribution in [-0.4, -0.2) is 32.6 Å². The first-order valence-electron chi connectivity index (χ1n) is 7.93. The standard InChI is InChI=1S/C19H21ClN2O4/c1-11-8-12(2)18(13(20)9-11)22-16(23)10-21-19(24)17-14(25-3)6-5-7-15(17)26-4/h5-9H,10H2,1-4H3,(H,21,24)(H,22,23). The highest BCUT2D eigenvalue weighted by Gasteiger charge is 2.19. The fraction of sp³-hybridized carbons (Fsp3) is 0.263. The number of methoxy groups -OCH3 is 2. The molecule has 138 valence electrons. The lowest BCUT2D eigenvalue weighted by atomic mass is 10.1. The smallest absolute Gasteiger partial charge is 0.259 e. The van der Waals surface area contributed by atoms with Crippen molar-refractivity contribution in [3.05, 3.63) is 52.0 Å². The zero-order valence-electron chi connectivity index (χ0n) is 15.1. The number of rotatable bonds is 6. The van der Waals surface area contributed by atoms with Crippen molar-refractivity contribution in [2.45, 2.75) is 13.8 Å². The second-order valence-electron chi connectivity index (χ2n) is 5.71. The molecule has 0 aromatic heterocycles. The van der Waals surface area contributed by atoms with Crippen LogP contribution in [0, 0.1) is 13.8 Å². The number of anilines is 1. The highest BCUT2D eigenvalue weighted by atomic mass is 35.5. The van der Waals surface area contributed by atoms with Crippen molar-refractivity contribution in [1.29, 1.82) is 0 Å². The van der Waals surface area contributed by atoms with E-state index in [0.717, 1.165) is 11.1 Å². The highest BCUT2D eigenvalue weighted by molar-refractivity contribution is 6.34. The average Bonchev–Trinajstić information content (AvgIpc) is 2.61. The molecular formula is C19H21ClN2O4. The molecule has 0 aliphatic rings. The summed E-state index contributed by atoms with van der Waals surface area (Å²) in [5.74, 6) is -0.137. The lowest BCUT2D eigenvalue weighted by Crippen LogP contribution is -2.33. The van der Waals surface area contributed by atoms with Crippen LogP contribution in [0.25, 0.3) is 0 Å². The Morgan fingerprint density at radius 1 is 1.08 bits per heavy atom. The molecule has 0 saturated carbocycles. The summed E-state index contributed by atoms with van der Waals surface area (Å²) in [5, 5.41) is 5.74. The molecule has 0 radical (unpaired) electrons. The summed E-state index contributed by atoms with van der Waals surface area (Å²) in [6, 6.07) is 8.69. The third-order valence-corrected chi connectivity index (χ3v) is 4.06. The van der Waals surface area contributed by atoms with Crippen LogP contribution >= 0.6 is 11.6 Å². The maximum atomic E-state index is 12.5. The van der Waals surface area contributed by atoms with Crippen molar-refractivity contribution in [3.8, 4) is 11.5 Å². The summed E-state index contributed by atoms with van der Waals surface area (Å²) in [6.07, 6.45) is 0. The van der Waals surface area contributed by atoms with E-state index in [2.05, 4.69) is 10.6 Å². The van der Waals surface area contributed by atoms with Gasteiger partial charge in [-0.05, 0) is 43.2 Å². The SMILES string of the molecule is COc1cccc(OC)c1C(=O)NCC(=O)Nc1c(C)cc(C)cc1Cl. The van der Waals surface area contributed by atoms with Gasteiger partial charge in [0.1, 0.15) is 17.1 Å². The first kappa shape index (κ1) is 19.6. The van der Waals surface area contributed by atoms with E-state index in [1.165, 1.54) is 14.2 Å². The Morgan fingerprint density at radius 3 is 2.23 bits per heavy atom. The molecular weight excluding hydrogens is 356 g/mol. The van der Waals surface area contributed by atoms with Gasteiger partial charge in [0.05, 0.1) is 31.5 Å². The largest absolute Gasteiger partial charge is 0.496 e. The molecule has 6 nitrogen and oxygen atoms in total. The number of hydrogen-bond donors (Lipinski definition) is 2. The predicted molar refractivity (Wildman–Crippen MR) is 101 cm³/mol. The van der Waals surface area contributed by atoms with Crippen molar-refractivity contribution in [2.75, 3.05) is 26.1 Å². The molecule has 2 rings (SSSR count). The Morgan fingerprint density at radius 2 is 1.69 bits per heavy atom. The fourth-order valence-electron chi connectivity index (χ4n) is 2.58. The summed E-state index contributed by atoms with van der Waals surface area (Å²) in [4.78, 5) is 24.7. The van der Waals surface area contributed by atoms with Gasteiger partial charge in [-0.15, -0.1) is 0 Å². The van der Waals surface area contributed by atoms with Crippen LogP contribution in [0.2, 0.25) is 5.02 Å². The molecule has 0 heterocycles. The summed E-state index contributed by atoms with van der Waals surface area (Å²) >= 11 is 6.18. The van der Waals surface area contributed by atoms with E-state index in [1.807, 2.05) is 19.9 Å². The maximum absolute atomic E-state index is 12.5. The van der Waals surface area contributed by atoms with E-state index in [0.29, 0.717) is 22.2 Å². The van der Waals surface area contributed by atoms with E-state index in [9.17, 15) is 9.59 Å². The zero-order chi connectivity index (χ0) is 19.3. The Bertz CT molecular complexity index is 791. The Hall–Kier alpha value is -2.73. The molecule has 0 bridgehead atoms. The first-order chi connectivity index (χ1) is 12.4. The van der Waals surface area contributed by atoms with E-state index < -0.39 is 5.91 Å². The van der Waals surface area contributed by atoms with Crippen molar-refractivity contribution in [3.63, 3.8) is 0 Å². The number of aryl methyl sites for hydroxylation is 2. The van der Waals surface area contributed by atoms with Crippen molar-refractivity contribution < 1.29 is 19.1 Å². The van der Waals surface area contributed by atoms with Crippen molar-refractivity contribution in [1.82, 2.24) is 5.32 Å². The molecule has 0 fully saturated rings. The molecule has 0 spiro atoms. The van der Waals surface area contributed by atoms with Gasteiger partial charge in [-0.2, -0.15) is 0 Å². The average molecular weight is 377 g/mol. The lowest BCUT2D eigenvalue weighted by molar-refractivity contribution is -0.115. The fourth-order valence-corrected chi connectivity index (χ4v) is 2.95. The third kappa shape index (κ3) is 4.46. The normalized spacial score (nSPS) is 10.2. The molecule has 26 heavy (non-hydrogen) atoms. The van der Waals surface area contributed by atoms with Crippen LogP contribution in [0.3, 0.4) is 0 Å². The zero-order valence-corrected chi connectivity index (χ0v) is 15.9. The number of carbonyl (C=O) groups excluding carboxylic acids is 2.